The number of nitrogens with one attached hydrogen (secondary N) is 2. The molecule has 6 heteroatoms. The quantitative estimate of drug-likeness (QED) is 0.856. The third-order valence-electron chi connectivity index (χ3n) is 2.44. The maximum atomic E-state index is 11.9. The van der Waals surface area contributed by atoms with Crippen LogP contribution in [0.1, 0.15) is 28.9 Å². The van der Waals surface area contributed by atoms with E-state index in [0.717, 1.165) is 12.3 Å². The van der Waals surface area contributed by atoms with Crippen molar-refractivity contribution in [3.63, 3.8) is 0 Å². The van der Waals surface area contributed by atoms with Gasteiger partial charge in [0.25, 0.3) is 5.91 Å². The van der Waals surface area contributed by atoms with Gasteiger partial charge in [-0.1, -0.05) is 0 Å². The Labute approximate surface area is 111 Å². The predicted molar refractivity (Wildman–Crippen MR) is 70.8 cm³/mol. The molecule has 100 valence electrons. The first-order chi connectivity index (χ1) is 9.19. The van der Waals surface area contributed by atoms with Gasteiger partial charge in [0.2, 0.25) is 0 Å². The molecule has 0 radical (unpaired) electrons. The van der Waals surface area contributed by atoms with E-state index in [2.05, 4.69) is 20.6 Å². The Bertz CT molecular complexity index is 565. The van der Waals surface area contributed by atoms with Crippen molar-refractivity contribution in [3.05, 3.63) is 41.7 Å². The molecule has 2 aromatic heterocycles. The van der Waals surface area contributed by atoms with Crippen LogP contribution >= 0.6 is 0 Å². The fourth-order valence-electron chi connectivity index (χ4n) is 1.58. The summed E-state index contributed by atoms with van der Waals surface area (Å²) in [6.07, 6.45) is 3.01. The lowest BCUT2D eigenvalue weighted by molar-refractivity contribution is 0.0942. The Hall–Kier alpha value is -2.37. The van der Waals surface area contributed by atoms with E-state index in [-0.39, 0.29) is 11.6 Å². The van der Waals surface area contributed by atoms with Crippen molar-refractivity contribution in [1.82, 2.24) is 15.3 Å². The second-order valence-corrected chi connectivity index (χ2v) is 4.01. The molecule has 0 saturated carbocycles. The molecule has 0 aromatic carbocycles. The molecule has 2 N–H and O–H groups in total. The number of hydrogen-bond acceptors (Lipinski definition) is 5. The SMILES string of the molecule is CCNc1cncc(C(=O)NCc2ccc(C)o2)n1. The van der Waals surface area contributed by atoms with Crippen LogP contribution in [-0.2, 0) is 6.54 Å². The average Bonchev–Trinajstić information content (AvgIpc) is 2.82. The van der Waals surface area contributed by atoms with Crippen LogP contribution in [0.15, 0.2) is 28.9 Å². The van der Waals surface area contributed by atoms with E-state index in [1.165, 1.54) is 6.20 Å². The lowest BCUT2D eigenvalue weighted by Crippen LogP contribution is -2.24. The van der Waals surface area contributed by atoms with Crippen molar-refractivity contribution in [1.29, 1.82) is 0 Å². The molecule has 0 aliphatic rings. The minimum Gasteiger partial charge on any atom is -0.465 e. The molecule has 0 saturated heterocycles. The smallest absolute Gasteiger partial charge is 0.271 e. The van der Waals surface area contributed by atoms with E-state index < -0.39 is 0 Å². The molecule has 2 rings (SSSR count). The van der Waals surface area contributed by atoms with Gasteiger partial charge in [-0.05, 0) is 26.0 Å². The Balaban J connectivity index is 1.97. The van der Waals surface area contributed by atoms with Crippen LogP contribution in [0, 0.1) is 6.92 Å². The van der Waals surface area contributed by atoms with Gasteiger partial charge in [0.15, 0.2) is 0 Å². The van der Waals surface area contributed by atoms with Gasteiger partial charge in [0, 0.05) is 6.54 Å². The Morgan fingerprint density at radius 2 is 2.21 bits per heavy atom. The van der Waals surface area contributed by atoms with Gasteiger partial charge in [0.1, 0.15) is 23.0 Å². The summed E-state index contributed by atoms with van der Waals surface area (Å²) in [5, 5.41) is 5.74. The van der Waals surface area contributed by atoms with E-state index in [1.54, 1.807) is 6.20 Å². The number of anilines is 1. The topological polar surface area (TPSA) is 80.0 Å². The lowest BCUT2D eigenvalue weighted by Gasteiger charge is -2.05. The fourth-order valence-corrected chi connectivity index (χ4v) is 1.58. The Kier molecular flexibility index (Phi) is 4.12. The normalized spacial score (nSPS) is 10.2. The summed E-state index contributed by atoms with van der Waals surface area (Å²) in [5.41, 5.74) is 0.279. The van der Waals surface area contributed by atoms with E-state index >= 15 is 0 Å². The van der Waals surface area contributed by atoms with Crippen LogP contribution in [0.2, 0.25) is 0 Å². The Morgan fingerprint density at radius 1 is 1.37 bits per heavy atom. The van der Waals surface area contributed by atoms with Gasteiger partial charge in [-0.25, -0.2) is 4.98 Å². The first-order valence-corrected chi connectivity index (χ1v) is 6.08. The van der Waals surface area contributed by atoms with Gasteiger partial charge >= 0.3 is 0 Å². The van der Waals surface area contributed by atoms with Crippen LogP contribution in [0.25, 0.3) is 0 Å². The second kappa shape index (κ2) is 5.99. The van der Waals surface area contributed by atoms with Crippen molar-refractivity contribution in [2.24, 2.45) is 0 Å². The van der Waals surface area contributed by atoms with Crippen molar-refractivity contribution >= 4 is 11.7 Å². The molecule has 0 spiro atoms. The number of amides is 1. The summed E-state index contributed by atoms with van der Waals surface area (Å²) in [4.78, 5) is 20.0. The first-order valence-electron chi connectivity index (χ1n) is 6.08. The number of furan rings is 1. The van der Waals surface area contributed by atoms with Crippen LogP contribution in [-0.4, -0.2) is 22.4 Å². The molecule has 0 bridgehead atoms. The summed E-state index contributed by atoms with van der Waals surface area (Å²) < 4.78 is 5.37. The van der Waals surface area contributed by atoms with E-state index in [1.807, 2.05) is 26.0 Å². The van der Waals surface area contributed by atoms with Crippen molar-refractivity contribution in [2.75, 3.05) is 11.9 Å². The van der Waals surface area contributed by atoms with Gasteiger partial charge in [-0.3, -0.25) is 9.78 Å². The van der Waals surface area contributed by atoms with E-state index in [9.17, 15) is 4.79 Å². The molecule has 2 heterocycles. The van der Waals surface area contributed by atoms with Crippen LogP contribution in [0.3, 0.4) is 0 Å². The number of rotatable bonds is 5. The van der Waals surface area contributed by atoms with E-state index in [0.29, 0.717) is 18.1 Å². The maximum absolute atomic E-state index is 11.9. The molecule has 2 aromatic rings. The average molecular weight is 260 g/mol. The standard InChI is InChI=1S/C13H16N4O2/c1-3-15-12-8-14-7-11(17-12)13(18)16-6-10-5-4-9(2)19-10/h4-5,7-8H,3,6H2,1-2H3,(H,15,17)(H,16,18). The van der Waals surface area contributed by atoms with E-state index in [4.69, 9.17) is 4.42 Å². The lowest BCUT2D eigenvalue weighted by atomic mass is 10.4. The molecule has 6 nitrogen and oxygen atoms in total. The zero-order valence-electron chi connectivity index (χ0n) is 10.9. The molecule has 0 aliphatic heterocycles. The number of hydrogen-bond donors (Lipinski definition) is 2. The maximum Gasteiger partial charge on any atom is 0.271 e. The number of aromatic nitrogens is 2. The summed E-state index contributed by atoms with van der Waals surface area (Å²) in [6.45, 7) is 4.87. The van der Waals surface area contributed by atoms with Gasteiger partial charge in [-0.2, -0.15) is 0 Å². The monoisotopic (exact) mass is 260 g/mol. The molecular weight excluding hydrogens is 244 g/mol. The summed E-state index contributed by atoms with van der Waals surface area (Å²) >= 11 is 0. The Morgan fingerprint density at radius 3 is 2.89 bits per heavy atom. The summed E-state index contributed by atoms with van der Waals surface area (Å²) in [5.74, 6) is 1.84. The van der Waals surface area contributed by atoms with Crippen LogP contribution in [0.4, 0.5) is 5.82 Å². The molecule has 0 unspecified atom stereocenters. The van der Waals surface area contributed by atoms with Crippen LogP contribution < -0.4 is 10.6 Å². The van der Waals surface area contributed by atoms with Gasteiger partial charge in [0.05, 0.1) is 18.9 Å². The molecule has 1 amide bonds. The minimum absolute atomic E-state index is 0.277. The number of aryl methyl sites for hydroxylation is 1. The van der Waals surface area contributed by atoms with Crippen LogP contribution in [0.5, 0.6) is 0 Å². The highest BCUT2D eigenvalue weighted by Gasteiger charge is 2.09. The third kappa shape index (κ3) is 3.54. The molecule has 0 atom stereocenters. The number of carbonyl (C=O) groups is 1. The number of carbonyl (C=O) groups excluding carboxylic acids is 1. The fraction of sp³-hybridized carbons (Fsp3) is 0.308. The van der Waals surface area contributed by atoms with Gasteiger partial charge < -0.3 is 15.1 Å². The van der Waals surface area contributed by atoms with Crippen molar-refractivity contribution in [3.8, 4) is 0 Å². The number of nitrogens with zero attached hydrogens (tertiary/aromatic N) is 2. The van der Waals surface area contributed by atoms with Crippen molar-refractivity contribution in [2.45, 2.75) is 20.4 Å². The second-order valence-electron chi connectivity index (χ2n) is 4.01. The largest absolute Gasteiger partial charge is 0.465 e. The predicted octanol–water partition coefficient (Wildman–Crippen LogP) is 1.74. The summed E-state index contributed by atoms with van der Waals surface area (Å²) in [7, 11) is 0. The van der Waals surface area contributed by atoms with Gasteiger partial charge in [-0.15, -0.1) is 0 Å². The zero-order chi connectivity index (χ0) is 13.7. The molecule has 0 aliphatic carbocycles. The first kappa shape index (κ1) is 13.1. The minimum atomic E-state index is -0.277. The zero-order valence-corrected chi connectivity index (χ0v) is 10.9. The highest BCUT2D eigenvalue weighted by Crippen LogP contribution is 2.06. The summed E-state index contributed by atoms with van der Waals surface area (Å²) in [6, 6.07) is 3.68. The molecule has 0 fully saturated rings. The van der Waals surface area contributed by atoms with Crippen molar-refractivity contribution < 1.29 is 9.21 Å². The highest BCUT2D eigenvalue weighted by atomic mass is 16.3. The molecular formula is C13H16N4O2. The highest BCUT2D eigenvalue weighted by molar-refractivity contribution is 5.92. The third-order valence-corrected chi connectivity index (χ3v) is 2.44. The molecule has 19 heavy (non-hydrogen) atoms.